The van der Waals surface area contributed by atoms with Gasteiger partial charge in [-0.3, -0.25) is 4.79 Å². The Labute approximate surface area is 124 Å². The van der Waals surface area contributed by atoms with E-state index in [9.17, 15) is 13.2 Å². The molecule has 0 saturated carbocycles. The smallest absolute Gasteiger partial charge is 0.305 e. The largest absolute Gasteiger partial charge is 0.315 e. The van der Waals surface area contributed by atoms with Gasteiger partial charge in [-0.25, -0.2) is 13.1 Å². The third-order valence-corrected chi connectivity index (χ3v) is 7.45. The van der Waals surface area contributed by atoms with Crippen molar-refractivity contribution in [3.05, 3.63) is 37.2 Å². The monoisotopic (exact) mass is 330 g/mol. The Morgan fingerprint density at radius 1 is 1.45 bits per heavy atom. The van der Waals surface area contributed by atoms with Crippen molar-refractivity contribution in [1.82, 2.24) is 9.71 Å². The lowest BCUT2D eigenvalue weighted by Crippen LogP contribution is -2.30. The normalized spacial score (nSPS) is 18.9. The second kappa shape index (κ2) is 5.10. The third-order valence-electron chi connectivity index (χ3n) is 3.37. The second-order valence-electron chi connectivity index (χ2n) is 4.79. The Hall–Kier alpha value is -0.960. The summed E-state index contributed by atoms with van der Waals surface area (Å²) < 4.78 is 27.6. The fraction of sp³-hybridized carbons (Fsp3) is 0.417. The molecule has 0 spiro atoms. The number of aromatic nitrogens is 1. The van der Waals surface area contributed by atoms with Crippen molar-refractivity contribution in [3.8, 4) is 0 Å². The zero-order valence-corrected chi connectivity index (χ0v) is 13.3. The maximum absolute atomic E-state index is 12.4. The van der Waals surface area contributed by atoms with Crippen LogP contribution in [0.15, 0.2) is 20.5 Å². The summed E-state index contributed by atoms with van der Waals surface area (Å²) in [5.41, 5.74) is 1.47. The van der Waals surface area contributed by atoms with Crippen LogP contribution in [0.4, 0.5) is 0 Å². The van der Waals surface area contributed by atoms with E-state index in [2.05, 4.69) is 9.71 Å². The minimum Gasteiger partial charge on any atom is -0.315 e. The zero-order valence-electron chi connectivity index (χ0n) is 10.8. The summed E-state index contributed by atoms with van der Waals surface area (Å²) in [4.78, 5) is 14.7. The van der Waals surface area contributed by atoms with E-state index in [4.69, 9.17) is 0 Å². The predicted octanol–water partition coefficient (Wildman–Crippen LogP) is 2.16. The van der Waals surface area contributed by atoms with Crippen LogP contribution in [0.3, 0.4) is 0 Å². The van der Waals surface area contributed by atoms with Gasteiger partial charge in [0.15, 0.2) is 4.21 Å². The lowest BCUT2D eigenvalue weighted by atomic mass is 9.95. The van der Waals surface area contributed by atoms with E-state index in [1.54, 1.807) is 18.3 Å². The number of nitrogens with one attached hydrogen (secondary N) is 2. The maximum atomic E-state index is 12.4. The van der Waals surface area contributed by atoms with Crippen LogP contribution in [0.2, 0.25) is 0 Å². The van der Waals surface area contributed by atoms with Crippen molar-refractivity contribution in [2.24, 2.45) is 0 Å². The molecule has 0 fully saturated rings. The molecule has 1 unspecified atom stereocenters. The SMILES string of the molecule is Cc1[nH]c(=O)sc1S(=O)(=O)NC1CCCc2sccc21. The average molecular weight is 330 g/mol. The fourth-order valence-corrected chi connectivity index (χ4v) is 6.05. The molecule has 0 radical (unpaired) electrons. The van der Waals surface area contributed by atoms with Crippen LogP contribution >= 0.6 is 22.7 Å². The van der Waals surface area contributed by atoms with Crippen LogP contribution < -0.4 is 9.60 Å². The first-order valence-electron chi connectivity index (χ1n) is 6.25. The molecule has 8 heteroatoms. The second-order valence-corrected chi connectivity index (χ2v) is 8.69. The molecular formula is C12H14N2O3S3. The topological polar surface area (TPSA) is 79.0 Å². The minimum absolute atomic E-state index is 0.0878. The molecule has 2 aromatic heterocycles. The van der Waals surface area contributed by atoms with Crippen molar-refractivity contribution in [2.75, 3.05) is 0 Å². The Balaban J connectivity index is 1.92. The number of hydrogen-bond acceptors (Lipinski definition) is 5. The summed E-state index contributed by atoms with van der Waals surface area (Å²) in [5, 5.41) is 2.00. The Kier molecular flexibility index (Phi) is 3.57. The summed E-state index contributed by atoms with van der Waals surface area (Å²) in [6, 6.07) is 1.80. The van der Waals surface area contributed by atoms with Crippen LogP contribution in [-0.4, -0.2) is 13.4 Å². The molecule has 0 aliphatic heterocycles. The molecule has 0 bridgehead atoms. The molecule has 3 rings (SSSR count). The van der Waals surface area contributed by atoms with E-state index in [-0.39, 0.29) is 15.1 Å². The average Bonchev–Trinajstić information content (AvgIpc) is 2.96. The number of aromatic amines is 1. The highest BCUT2D eigenvalue weighted by Gasteiger charge is 2.28. The van der Waals surface area contributed by atoms with Crippen LogP contribution in [0.25, 0.3) is 0 Å². The van der Waals surface area contributed by atoms with Gasteiger partial charge in [-0.1, -0.05) is 11.3 Å². The van der Waals surface area contributed by atoms with Gasteiger partial charge in [-0.15, -0.1) is 11.3 Å². The van der Waals surface area contributed by atoms with Crippen molar-refractivity contribution < 1.29 is 8.42 Å². The van der Waals surface area contributed by atoms with Gasteiger partial charge >= 0.3 is 4.87 Å². The molecule has 1 atom stereocenters. The van der Waals surface area contributed by atoms with Gasteiger partial charge < -0.3 is 4.98 Å². The van der Waals surface area contributed by atoms with Gasteiger partial charge in [0.05, 0.1) is 0 Å². The van der Waals surface area contributed by atoms with Crippen molar-refractivity contribution >= 4 is 32.7 Å². The minimum atomic E-state index is -3.65. The summed E-state index contributed by atoms with van der Waals surface area (Å²) in [5.74, 6) is 0. The number of thiazole rings is 1. The highest BCUT2D eigenvalue weighted by molar-refractivity contribution is 7.91. The van der Waals surface area contributed by atoms with Crippen molar-refractivity contribution in [2.45, 2.75) is 36.4 Å². The molecule has 2 heterocycles. The summed E-state index contributed by atoms with van der Waals surface area (Å²) >= 11 is 2.40. The molecule has 0 saturated heterocycles. The van der Waals surface area contributed by atoms with Gasteiger partial charge in [0, 0.05) is 16.6 Å². The van der Waals surface area contributed by atoms with Crippen LogP contribution in [-0.2, 0) is 16.4 Å². The Morgan fingerprint density at radius 2 is 2.25 bits per heavy atom. The van der Waals surface area contributed by atoms with Crippen LogP contribution in [0, 0.1) is 6.92 Å². The van der Waals surface area contributed by atoms with Gasteiger partial charge in [0.1, 0.15) is 0 Å². The highest BCUT2D eigenvalue weighted by Crippen LogP contribution is 2.34. The summed E-state index contributed by atoms with van der Waals surface area (Å²) in [6.45, 7) is 1.60. The predicted molar refractivity (Wildman–Crippen MR) is 80.0 cm³/mol. The van der Waals surface area contributed by atoms with Gasteiger partial charge in [-0.05, 0) is 43.2 Å². The number of rotatable bonds is 3. The number of aryl methyl sites for hydroxylation is 2. The zero-order chi connectivity index (χ0) is 14.3. The lowest BCUT2D eigenvalue weighted by molar-refractivity contribution is 0.512. The van der Waals surface area contributed by atoms with Gasteiger partial charge in [0.25, 0.3) is 10.0 Å². The summed E-state index contributed by atoms with van der Waals surface area (Å²) in [7, 11) is -3.65. The number of hydrogen-bond donors (Lipinski definition) is 2. The first-order valence-corrected chi connectivity index (χ1v) is 9.43. The number of H-pyrrole nitrogens is 1. The molecule has 2 N–H and O–H groups in total. The molecule has 0 aromatic carbocycles. The maximum Gasteiger partial charge on any atom is 0.305 e. The first kappa shape index (κ1) is 14.0. The molecule has 2 aromatic rings. The number of thiophene rings is 1. The molecule has 1 aliphatic rings. The molecule has 20 heavy (non-hydrogen) atoms. The quantitative estimate of drug-likeness (QED) is 0.905. The Bertz CT molecular complexity index is 785. The van der Waals surface area contributed by atoms with Gasteiger partial charge in [0.2, 0.25) is 0 Å². The van der Waals surface area contributed by atoms with E-state index in [0.717, 1.165) is 36.2 Å². The third kappa shape index (κ3) is 2.48. The highest BCUT2D eigenvalue weighted by atomic mass is 32.2. The molecular weight excluding hydrogens is 316 g/mol. The molecule has 0 amide bonds. The van der Waals surface area contributed by atoms with Crippen LogP contribution in [0.5, 0.6) is 0 Å². The van der Waals surface area contributed by atoms with E-state index in [1.165, 1.54) is 4.88 Å². The summed E-state index contributed by atoms with van der Waals surface area (Å²) in [6.07, 6.45) is 2.78. The van der Waals surface area contributed by atoms with Crippen molar-refractivity contribution in [3.63, 3.8) is 0 Å². The lowest BCUT2D eigenvalue weighted by Gasteiger charge is -2.23. The molecule has 5 nitrogen and oxygen atoms in total. The van der Waals surface area contributed by atoms with E-state index in [0.29, 0.717) is 5.69 Å². The molecule has 1 aliphatic carbocycles. The van der Waals surface area contributed by atoms with Gasteiger partial charge in [-0.2, -0.15) is 0 Å². The Morgan fingerprint density at radius 3 is 2.95 bits per heavy atom. The molecule has 108 valence electrons. The number of sulfonamides is 1. The fourth-order valence-electron chi connectivity index (χ4n) is 2.50. The number of fused-ring (bicyclic) bond motifs is 1. The standard InChI is InChI=1S/C12H14N2O3S3/c1-7-11(19-12(15)13-7)20(16,17)14-9-3-2-4-10-8(9)5-6-18-10/h5-6,9,14H,2-4H2,1H3,(H,13,15). The van der Waals surface area contributed by atoms with E-state index in [1.807, 2.05) is 11.4 Å². The first-order chi connectivity index (χ1) is 9.47. The van der Waals surface area contributed by atoms with Crippen molar-refractivity contribution in [1.29, 1.82) is 0 Å². The van der Waals surface area contributed by atoms with E-state index >= 15 is 0 Å². The van der Waals surface area contributed by atoms with E-state index < -0.39 is 10.0 Å². The van der Waals surface area contributed by atoms with Crippen LogP contribution in [0.1, 0.15) is 35.0 Å².